The van der Waals surface area contributed by atoms with Gasteiger partial charge in [-0.15, -0.1) is 0 Å². The Bertz CT molecular complexity index is 843. The van der Waals surface area contributed by atoms with Crippen LogP contribution in [0.5, 0.6) is 5.75 Å². The number of halogens is 2. The van der Waals surface area contributed by atoms with Gasteiger partial charge in [-0.25, -0.2) is 4.39 Å². The number of carbonyl (C=O) groups excluding carboxylic acids is 1. The number of hydrogen-bond acceptors (Lipinski definition) is 2. The molecule has 3 rings (SSSR count). The first kappa shape index (κ1) is 17.2. The van der Waals surface area contributed by atoms with Crippen LogP contribution < -0.4 is 10.1 Å². The SMILES string of the molecule is CC(NC(=O)C=CC1=Cc2cc(Cl)ccc2OC1)c1ccc(F)cc1. The largest absolute Gasteiger partial charge is 0.488 e. The number of amides is 1. The van der Waals surface area contributed by atoms with Crippen molar-refractivity contribution in [3.8, 4) is 5.75 Å². The summed E-state index contributed by atoms with van der Waals surface area (Å²) in [5.74, 6) is 0.248. The highest BCUT2D eigenvalue weighted by Gasteiger charge is 2.11. The van der Waals surface area contributed by atoms with E-state index in [1.165, 1.54) is 18.2 Å². The van der Waals surface area contributed by atoms with Crippen molar-refractivity contribution in [2.24, 2.45) is 0 Å². The van der Waals surface area contributed by atoms with Crippen molar-refractivity contribution in [1.29, 1.82) is 0 Å². The van der Waals surface area contributed by atoms with E-state index in [1.54, 1.807) is 24.3 Å². The molecular weight excluding hydrogens is 341 g/mol. The van der Waals surface area contributed by atoms with Crippen LogP contribution >= 0.6 is 11.6 Å². The zero-order valence-corrected chi connectivity index (χ0v) is 14.4. The number of hydrogen-bond donors (Lipinski definition) is 1. The van der Waals surface area contributed by atoms with Crippen LogP contribution in [0.1, 0.15) is 24.1 Å². The zero-order chi connectivity index (χ0) is 17.8. The Morgan fingerprint density at radius 3 is 2.80 bits per heavy atom. The average molecular weight is 358 g/mol. The summed E-state index contributed by atoms with van der Waals surface area (Å²) in [7, 11) is 0. The fraction of sp³-hybridized carbons (Fsp3) is 0.150. The molecule has 0 fully saturated rings. The van der Waals surface area contributed by atoms with Gasteiger partial charge in [0.15, 0.2) is 0 Å². The van der Waals surface area contributed by atoms with Crippen molar-refractivity contribution in [1.82, 2.24) is 5.32 Å². The Morgan fingerprint density at radius 1 is 1.28 bits per heavy atom. The Morgan fingerprint density at radius 2 is 2.04 bits per heavy atom. The Hall–Kier alpha value is -2.59. The first-order valence-corrected chi connectivity index (χ1v) is 8.26. The molecule has 1 aliphatic heterocycles. The highest BCUT2D eigenvalue weighted by molar-refractivity contribution is 6.30. The molecule has 0 aliphatic carbocycles. The van der Waals surface area contributed by atoms with Crippen molar-refractivity contribution in [3.63, 3.8) is 0 Å². The third-order valence-electron chi connectivity index (χ3n) is 3.88. The van der Waals surface area contributed by atoms with Gasteiger partial charge in [-0.3, -0.25) is 4.79 Å². The summed E-state index contributed by atoms with van der Waals surface area (Å²) in [5.41, 5.74) is 2.60. The van der Waals surface area contributed by atoms with Crippen LogP contribution in [0.2, 0.25) is 5.02 Å². The highest BCUT2D eigenvalue weighted by Crippen LogP contribution is 2.29. The number of fused-ring (bicyclic) bond motifs is 1. The van der Waals surface area contributed by atoms with Crippen molar-refractivity contribution in [2.45, 2.75) is 13.0 Å². The van der Waals surface area contributed by atoms with E-state index in [1.807, 2.05) is 25.1 Å². The quantitative estimate of drug-likeness (QED) is 0.806. The third kappa shape index (κ3) is 4.48. The maximum Gasteiger partial charge on any atom is 0.244 e. The predicted molar refractivity (Wildman–Crippen MR) is 97.0 cm³/mol. The van der Waals surface area contributed by atoms with Gasteiger partial charge in [-0.1, -0.05) is 29.8 Å². The van der Waals surface area contributed by atoms with E-state index in [-0.39, 0.29) is 17.8 Å². The van der Waals surface area contributed by atoms with Crippen LogP contribution in [0, 0.1) is 5.82 Å². The Balaban J connectivity index is 1.64. The molecule has 0 aromatic heterocycles. The second-order valence-corrected chi connectivity index (χ2v) is 6.24. The van der Waals surface area contributed by atoms with Crippen LogP contribution in [0.25, 0.3) is 6.08 Å². The number of nitrogens with one attached hydrogen (secondary N) is 1. The van der Waals surface area contributed by atoms with Crippen molar-refractivity contribution in [2.75, 3.05) is 6.61 Å². The van der Waals surface area contributed by atoms with Crippen LogP contribution in [0.15, 0.2) is 60.2 Å². The first-order chi connectivity index (χ1) is 12.0. The molecule has 1 unspecified atom stereocenters. The van der Waals surface area contributed by atoms with Gasteiger partial charge >= 0.3 is 0 Å². The molecular formula is C20H17ClFNO2. The molecule has 3 nitrogen and oxygen atoms in total. The summed E-state index contributed by atoms with van der Waals surface area (Å²) in [6.45, 7) is 2.24. The van der Waals surface area contributed by atoms with E-state index in [2.05, 4.69) is 5.32 Å². The van der Waals surface area contributed by atoms with Crippen molar-refractivity contribution >= 4 is 23.6 Å². The average Bonchev–Trinajstić information content (AvgIpc) is 2.60. The topological polar surface area (TPSA) is 38.3 Å². The minimum absolute atomic E-state index is 0.214. The van der Waals surface area contributed by atoms with E-state index >= 15 is 0 Å². The van der Waals surface area contributed by atoms with Gasteiger partial charge in [0.25, 0.3) is 0 Å². The fourth-order valence-electron chi connectivity index (χ4n) is 2.54. The molecule has 0 spiro atoms. The van der Waals surface area contributed by atoms with E-state index in [4.69, 9.17) is 16.3 Å². The van der Waals surface area contributed by atoms with Gasteiger partial charge in [-0.05, 0) is 54.5 Å². The highest BCUT2D eigenvalue weighted by atomic mass is 35.5. The number of rotatable bonds is 4. The predicted octanol–water partition coefficient (Wildman–Crippen LogP) is 4.69. The van der Waals surface area contributed by atoms with Crippen LogP contribution in [0.3, 0.4) is 0 Å². The lowest BCUT2D eigenvalue weighted by molar-refractivity contribution is -0.117. The van der Waals surface area contributed by atoms with E-state index < -0.39 is 0 Å². The standard InChI is InChI=1S/C20H17ClFNO2/c1-13(15-3-6-18(22)7-4-15)23-20(24)9-2-14-10-16-11-17(21)5-8-19(16)25-12-14/h2-11,13H,12H2,1H3,(H,23,24). The lowest BCUT2D eigenvalue weighted by atomic mass is 10.1. The normalized spacial score (nSPS) is 14.4. The molecule has 5 heteroatoms. The van der Waals surface area contributed by atoms with Crippen LogP contribution in [-0.2, 0) is 4.79 Å². The molecule has 25 heavy (non-hydrogen) atoms. The van der Waals surface area contributed by atoms with Crippen molar-refractivity contribution < 1.29 is 13.9 Å². The fourth-order valence-corrected chi connectivity index (χ4v) is 2.72. The summed E-state index contributed by atoms with van der Waals surface area (Å²) in [4.78, 5) is 12.1. The molecule has 128 valence electrons. The summed E-state index contributed by atoms with van der Waals surface area (Å²) in [6.07, 6.45) is 5.12. The van der Waals surface area contributed by atoms with E-state index in [0.717, 1.165) is 22.4 Å². The summed E-state index contributed by atoms with van der Waals surface area (Å²) < 4.78 is 18.6. The number of ether oxygens (including phenoxy) is 1. The summed E-state index contributed by atoms with van der Waals surface area (Å²) in [6, 6.07) is 11.3. The second-order valence-electron chi connectivity index (χ2n) is 5.81. The van der Waals surface area contributed by atoms with Gasteiger partial charge in [0.2, 0.25) is 5.91 Å². The van der Waals surface area contributed by atoms with Gasteiger partial charge in [0.1, 0.15) is 18.2 Å². The lowest BCUT2D eigenvalue weighted by Gasteiger charge is -2.16. The smallest absolute Gasteiger partial charge is 0.244 e. The minimum atomic E-state index is -0.299. The van der Waals surface area contributed by atoms with Gasteiger partial charge in [-0.2, -0.15) is 0 Å². The Kier molecular flexibility index (Phi) is 5.19. The van der Waals surface area contributed by atoms with Gasteiger partial charge in [0, 0.05) is 16.7 Å². The molecule has 0 bridgehead atoms. The minimum Gasteiger partial charge on any atom is -0.488 e. The number of benzene rings is 2. The second kappa shape index (κ2) is 7.53. The van der Waals surface area contributed by atoms with Crippen LogP contribution in [0.4, 0.5) is 4.39 Å². The molecule has 0 saturated carbocycles. The van der Waals surface area contributed by atoms with E-state index in [9.17, 15) is 9.18 Å². The molecule has 1 heterocycles. The number of carbonyl (C=O) groups is 1. The monoisotopic (exact) mass is 357 g/mol. The van der Waals surface area contributed by atoms with E-state index in [0.29, 0.717) is 11.6 Å². The van der Waals surface area contributed by atoms with Crippen LogP contribution in [-0.4, -0.2) is 12.5 Å². The molecule has 0 saturated heterocycles. The molecule has 1 amide bonds. The first-order valence-electron chi connectivity index (χ1n) is 7.88. The molecule has 1 aliphatic rings. The molecule has 2 aromatic carbocycles. The summed E-state index contributed by atoms with van der Waals surface area (Å²) in [5, 5.41) is 3.48. The maximum absolute atomic E-state index is 12.9. The van der Waals surface area contributed by atoms with Gasteiger partial charge < -0.3 is 10.1 Å². The molecule has 1 atom stereocenters. The third-order valence-corrected chi connectivity index (χ3v) is 4.12. The lowest BCUT2D eigenvalue weighted by Crippen LogP contribution is -2.24. The molecule has 1 N–H and O–H groups in total. The molecule has 2 aromatic rings. The maximum atomic E-state index is 12.9. The molecule has 0 radical (unpaired) electrons. The Labute approximate surface area is 150 Å². The zero-order valence-electron chi connectivity index (χ0n) is 13.6. The van der Waals surface area contributed by atoms with Gasteiger partial charge in [0.05, 0.1) is 6.04 Å². The summed E-state index contributed by atoms with van der Waals surface area (Å²) >= 11 is 5.99. The van der Waals surface area contributed by atoms with Crippen molar-refractivity contribution in [3.05, 3.63) is 82.2 Å².